The minimum Gasteiger partial charge on any atom is -0.355 e. The van der Waals surface area contributed by atoms with Gasteiger partial charge in [-0.1, -0.05) is 17.7 Å². The molecule has 0 spiro atoms. The molecule has 1 saturated heterocycles. The van der Waals surface area contributed by atoms with Crippen molar-refractivity contribution in [2.75, 3.05) is 37.6 Å². The van der Waals surface area contributed by atoms with Gasteiger partial charge in [0, 0.05) is 38.9 Å². The summed E-state index contributed by atoms with van der Waals surface area (Å²) >= 11 is 0. The predicted octanol–water partition coefficient (Wildman–Crippen LogP) is 2.13. The van der Waals surface area contributed by atoms with Crippen molar-refractivity contribution in [1.82, 2.24) is 15.2 Å². The molecule has 2 heterocycles. The van der Waals surface area contributed by atoms with Gasteiger partial charge in [0.05, 0.1) is 0 Å². The Morgan fingerprint density at radius 2 is 1.96 bits per heavy atom. The lowest BCUT2D eigenvalue weighted by Crippen LogP contribution is -2.49. The van der Waals surface area contributed by atoms with E-state index in [1.54, 1.807) is 11.1 Å². The third-order valence-electron chi connectivity index (χ3n) is 5.07. The largest absolute Gasteiger partial charge is 0.355 e. The zero-order chi connectivity index (χ0) is 18.2. The molecule has 1 N–H and O–H groups in total. The van der Waals surface area contributed by atoms with E-state index in [0.29, 0.717) is 19.6 Å². The first-order chi connectivity index (χ1) is 12.7. The summed E-state index contributed by atoms with van der Waals surface area (Å²) in [5, 5.41) is 2.89. The number of rotatable bonds is 6. The number of nitrogens with one attached hydrogen (secondary N) is 1. The number of pyridine rings is 1. The van der Waals surface area contributed by atoms with Gasteiger partial charge in [-0.05, 0) is 44.2 Å². The van der Waals surface area contributed by atoms with Gasteiger partial charge in [0.2, 0.25) is 11.8 Å². The molecule has 2 amide bonds. The molecule has 0 unspecified atom stereocenters. The molecular weight excluding hydrogens is 328 g/mol. The monoisotopic (exact) mass is 356 g/mol. The molecule has 1 fully saturated rings. The summed E-state index contributed by atoms with van der Waals surface area (Å²) in [6, 6.07) is 5.84. The van der Waals surface area contributed by atoms with Crippen molar-refractivity contribution in [3.63, 3.8) is 0 Å². The van der Waals surface area contributed by atoms with E-state index in [-0.39, 0.29) is 18.2 Å². The zero-order valence-corrected chi connectivity index (χ0v) is 15.3. The molecule has 0 saturated carbocycles. The van der Waals surface area contributed by atoms with Crippen LogP contribution in [0.1, 0.15) is 38.5 Å². The first-order valence-corrected chi connectivity index (χ1v) is 9.61. The van der Waals surface area contributed by atoms with Gasteiger partial charge in [0.1, 0.15) is 12.2 Å². The number of piperazine rings is 1. The summed E-state index contributed by atoms with van der Waals surface area (Å²) in [4.78, 5) is 32.7. The average Bonchev–Trinajstić information content (AvgIpc) is 2.69. The molecule has 0 atom stereocenters. The fraction of sp³-hybridized carbons (Fsp3) is 0.550. The minimum atomic E-state index is -0.168. The van der Waals surface area contributed by atoms with E-state index in [9.17, 15) is 9.59 Å². The van der Waals surface area contributed by atoms with Crippen LogP contribution in [0.25, 0.3) is 0 Å². The highest BCUT2D eigenvalue weighted by Gasteiger charge is 2.23. The lowest BCUT2D eigenvalue weighted by Gasteiger charge is -2.35. The summed E-state index contributed by atoms with van der Waals surface area (Å²) in [5.41, 5.74) is 1.44. The molecule has 6 nitrogen and oxygen atoms in total. The maximum atomic E-state index is 12.3. The van der Waals surface area contributed by atoms with Gasteiger partial charge in [-0.25, -0.2) is 4.98 Å². The SMILES string of the molecule is O=C(CC(=O)N1CCN(c2ccccn2)CC1)NCCC1=CCCCC1. The second-order valence-corrected chi connectivity index (χ2v) is 6.94. The molecule has 26 heavy (non-hydrogen) atoms. The van der Waals surface area contributed by atoms with Crippen molar-refractivity contribution in [1.29, 1.82) is 0 Å². The predicted molar refractivity (Wildman–Crippen MR) is 102 cm³/mol. The van der Waals surface area contributed by atoms with Crippen LogP contribution in [-0.4, -0.2) is 54.4 Å². The van der Waals surface area contributed by atoms with Gasteiger partial charge >= 0.3 is 0 Å². The number of anilines is 1. The molecule has 1 aromatic rings. The van der Waals surface area contributed by atoms with Crippen LogP contribution in [0.4, 0.5) is 5.82 Å². The number of nitrogens with zero attached hydrogens (tertiary/aromatic N) is 3. The number of hydrogen-bond acceptors (Lipinski definition) is 4. The van der Waals surface area contributed by atoms with E-state index >= 15 is 0 Å². The molecule has 2 aliphatic rings. The standard InChI is InChI=1S/C20H28N4O2/c25-19(22-11-9-17-6-2-1-3-7-17)16-20(26)24-14-12-23(13-15-24)18-8-4-5-10-21-18/h4-6,8,10H,1-3,7,9,11-16H2,(H,22,25). The van der Waals surface area contributed by atoms with Crippen molar-refractivity contribution < 1.29 is 9.59 Å². The van der Waals surface area contributed by atoms with Crippen molar-refractivity contribution in [2.24, 2.45) is 0 Å². The highest BCUT2D eigenvalue weighted by atomic mass is 16.2. The fourth-order valence-electron chi connectivity index (χ4n) is 3.53. The van der Waals surface area contributed by atoms with E-state index in [2.05, 4.69) is 21.3 Å². The van der Waals surface area contributed by atoms with Crippen LogP contribution in [0.15, 0.2) is 36.0 Å². The topological polar surface area (TPSA) is 65.5 Å². The van der Waals surface area contributed by atoms with Crippen LogP contribution in [0, 0.1) is 0 Å². The number of aromatic nitrogens is 1. The smallest absolute Gasteiger partial charge is 0.232 e. The Morgan fingerprint density at radius 3 is 2.65 bits per heavy atom. The van der Waals surface area contributed by atoms with Gasteiger partial charge in [0.15, 0.2) is 0 Å². The highest BCUT2D eigenvalue weighted by Crippen LogP contribution is 2.19. The van der Waals surface area contributed by atoms with Crippen LogP contribution >= 0.6 is 0 Å². The summed E-state index contributed by atoms with van der Waals surface area (Å²) in [6.07, 6.45) is 9.76. The lowest BCUT2D eigenvalue weighted by atomic mass is 9.97. The van der Waals surface area contributed by atoms with Gasteiger partial charge in [0.25, 0.3) is 0 Å². The van der Waals surface area contributed by atoms with Crippen molar-refractivity contribution in [3.05, 3.63) is 36.0 Å². The molecule has 1 aliphatic carbocycles. The highest BCUT2D eigenvalue weighted by molar-refractivity contribution is 5.96. The van der Waals surface area contributed by atoms with Gasteiger partial charge in [-0.15, -0.1) is 0 Å². The Labute approximate surface area is 155 Å². The second kappa shape index (κ2) is 9.36. The fourth-order valence-corrected chi connectivity index (χ4v) is 3.53. The van der Waals surface area contributed by atoms with Crippen LogP contribution in [0.5, 0.6) is 0 Å². The Bertz CT molecular complexity index is 636. The molecule has 0 bridgehead atoms. The van der Waals surface area contributed by atoms with E-state index < -0.39 is 0 Å². The number of carbonyl (C=O) groups excluding carboxylic acids is 2. The summed E-state index contributed by atoms with van der Waals surface area (Å²) < 4.78 is 0. The summed E-state index contributed by atoms with van der Waals surface area (Å²) in [7, 11) is 0. The number of allylic oxidation sites excluding steroid dienone is 1. The van der Waals surface area contributed by atoms with Crippen molar-refractivity contribution >= 4 is 17.6 Å². The summed E-state index contributed by atoms with van der Waals surface area (Å²) in [6.45, 7) is 3.40. The van der Waals surface area contributed by atoms with E-state index in [1.807, 2.05) is 18.2 Å². The normalized spacial score (nSPS) is 17.6. The van der Waals surface area contributed by atoms with Crippen LogP contribution in [-0.2, 0) is 9.59 Å². The molecule has 3 rings (SSSR count). The average molecular weight is 356 g/mol. The Morgan fingerprint density at radius 1 is 1.12 bits per heavy atom. The third-order valence-corrected chi connectivity index (χ3v) is 5.07. The van der Waals surface area contributed by atoms with Gasteiger partial charge in [-0.2, -0.15) is 0 Å². The molecule has 0 radical (unpaired) electrons. The lowest BCUT2D eigenvalue weighted by molar-refractivity contribution is -0.136. The quantitative estimate of drug-likeness (QED) is 0.626. The molecule has 0 aromatic carbocycles. The number of amides is 2. The van der Waals surface area contributed by atoms with Gasteiger partial charge in [-0.3, -0.25) is 9.59 Å². The third kappa shape index (κ3) is 5.31. The Hall–Kier alpha value is -2.37. The van der Waals surface area contributed by atoms with Crippen LogP contribution < -0.4 is 10.2 Å². The Balaban J connectivity index is 1.35. The van der Waals surface area contributed by atoms with E-state index in [1.165, 1.54) is 18.4 Å². The maximum absolute atomic E-state index is 12.3. The van der Waals surface area contributed by atoms with Crippen LogP contribution in [0.3, 0.4) is 0 Å². The molecular formula is C20H28N4O2. The summed E-state index contributed by atoms with van der Waals surface area (Å²) in [5.74, 6) is 0.688. The van der Waals surface area contributed by atoms with E-state index in [0.717, 1.165) is 38.2 Å². The molecule has 6 heteroatoms. The second-order valence-electron chi connectivity index (χ2n) is 6.94. The number of carbonyl (C=O) groups is 2. The molecule has 1 aromatic heterocycles. The first kappa shape index (κ1) is 18.4. The Kier molecular flexibility index (Phi) is 6.63. The molecule has 1 aliphatic heterocycles. The number of hydrogen-bond donors (Lipinski definition) is 1. The first-order valence-electron chi connectivity index (χ1n) is 9.61. The van der Waals surface area contributed by atoms with Crippen molar-refractivity contribution in [3.8, 4) is 0 Å². The van der Waals surface area contributed by atoms with E-state index in [4.69, 9.17) is 0 Å². The van der Waals surface area contributed by atoms with Crippen molar-refractivity contribution in [2.45, 2.75) is 38.5 Å². The van der Waals surface area contributed by atoms with Crippen LogP contribution in [0.2, 0.25) is 0 Å². The zero-order valence-electron chi connectivity index (χ0n) is 15.3. The van der Waals surface area contributed by atoms with Gasteiger partial charge < -0.3 is 15.1 Å². The molecule has 140 valence electrons. The maximum Gasteiger partial charge on any atom is 0.232 e. The minimum absolute atomic E-state index is 0.0529.